The summed E-state index contributed by atoms with van der Waals surface area (Å²) in [6, 6.07) is 6.02. The van der Waals surface area contributed by atoms with Crippen LogP contribution in [0.4, 0.5) is 4.39 Å². The first-order valence-electron chi connectivity index (χ1n) is 6.50. The van der Waals surface area contributed by atoms with Crippen LogP contribution in [0.15, 0.2) is 24.3 Å². The van der Waals surface area contributed by atoms with Gasteiger partial charge in [0.15, 0.2) is 0 Å². The van der Waals surface area contributed by atoms with Gasteiger partial charge in [0.05, 0.1) is 11.6 Å². The van der Waals surface area contributed by atoms with E-state index in [4.69, 9.17) is 0 Å². The lowest BCUT2D eigenvalue weighted by molar-refractivity contribution is -0.128. The van der Waals surface area contributed by atoms with Crippen molar-refractivity contribution in [1.82, 2.24) is 10.2 Å². The van der Waals surface area contributed by atoms with Crippen LogP contribution >= 0.6 is 0 Å². The third-order valence-corrected chi connectivity index (χ3v) is 3.60. The molecule has 1 aromatic rings. The molecule has 100 valence electrons. The van der Waals surface area contributed by atoms with Gasteiger partial charge in [-0.15, -0.1) is 0 Å². The normalized spacial score (nSPS) is 22.7. The summed E-state index contributed by atoms with van der Waals surface area (Å²) in [6.07, 6.45) is 2.43. The van der Waals surface area contributed by atoms with Crippen LogP contribution in [0.5, 0.6) is 0 Å². The van der Waals surface area contributed by atoms with Gasteiger partial charge in [-0.05, 0) is 25.0 Å². The Morgan fingerprint density at radius 2 is 2.05 bits per heavy atom. The number of nitrogens with zero attached hydrogens (tertiary/aromatic N) is 1. The molecule has 1 heterocycles. The van der Waals surface area contributed by atoms with Gasteiger partial charge in [0.1, 0.15) is 5.82 Å². The second-order valence-corrected chi connectivity index (χ2v) is 5.13. The highest BCUT2D eigenvalue weighted by atomic mass is 19.1. The number of likely N-dealkylation sites (tertiary alicyclic amines) is 1. The number of halogens is 1. The number of carbonyl (C=O) groups excluding carboxylic acids is 2. The van der Waals surface area contributed by atoms with Gasteiger partial charge in [0.25, 0.3) is 5.91 Å². The fourth-order valence-electron chi connectivity index (χ4n) is 2.48. The topological polar surface area (TPSA) is 49.4 Å². The molecule has 0 radical (unpaired) electrons. The minimum absolute atomic E-state index is 0.0276. The van der Waals surface area contributed by atoms with E-state index in [1.165, 1.54) is 12.1 Å². The zero-order valence-electron chi connectivity index (χ0n) is 10.4. The first-order chi connectivity index (χ1) is 9.15. The number of hydrogen-bond donors (Lipinski definition) is 1. The highest BCUT2D eigenvalue weighted by Gasteiger charge is 2.39. The summed E-state index contributed by atoms with van der Waals surface area (Å²) in [4.78, 5) is 25.5. The van der Waals surface area contributed by atoms with Crippen molar-refractivity contribution < 1.29 is 14.0 Å². The second-order valence-electron chi connectivity index (χ2n) is 5.13. The van der Waals surface area contributed by atoms with E-state index in [0.29, 0.717) is 19.0 Å². The van der Waals surface area contributed by atoms with Gasteiger partial charge in [-0.2, -0.15) is 0 Å². The summed E-state index contributed by atoms with van der Waals surface area (Å²) in [7, 11) is 0. The van der Waals surface area contributed by atoms with Crippen LogP contribution in [0.2, 0.25) is 0 Å². The number of hydrogen-bond acceptors (Lipinski definition) is 2. The molecule has 1 saturated heterocycles. The highest BCUT2D eigenvalue weighted by Crippen LogP contribution is 2.30. The van der Waals surface area contributed by atoms with Crippen molar-refractivity contribution >= 4 is 11.8 Å². The molecule has 1 N–H and O–H groups in total. The van der Waals surface area contributed by atoms with Crippen LogP contribution in [0.25, 0.3) is 0 Å². The number of amides is 2. The number of rotatable bonds is 3. The van der Waals surface area contributed by atoms with E-state index in [-0.39, 0.29) is 17.5 Å². The number of carbonyl (C=O) groups is 2. The van der Waals surface area contributed by atoms with Gasteiger partial charge in [-0.25, -0.2) is 4.39 Å². The van der Waals surface area contributed by atoms with Crippen LogP contribution in [0, 0.1) is 5.82 Å². The van der Waals surface area contributed by atoms with Gasteiger partial charge >= 0.3 is 0 Å². The first kappa shape index (κ1) is 12.1. The van der Waals surface area contributed by atoms with Gasteiger partial charge in [0.2, 0.25) is 5.91 Å². The SMILES string of the molecule is O=C(NC1CC(=O)N(C2CC2)C1)c1ccccc1F. The summed E-state index contributed by atoms with van der Waals surface area (Å²) in [6.45, 7) is 0.545. The molecule has 1 unspecified atom stereocenters. The zero-order valence-corrected chi connectivity index (χ0v) is 10.4. The largest absolute Gasteiger partial charge is 0.347 e. The lowest BCUT2D eigenvalue weighted by Gasteiger charge is -2.16. The van der Waals surface area contributed by atoms with Gasteiger partial charge in [-0.3, -0.25) is 9.59 Å². The minimum atomic E-state index is -0.539. The Labute approximate surface area is 110 Å². The molecule has 2 fully saturated rings. The highest BCUT2D eigenvalue weighted by molar-refractivity contribution is 5.95. The molecule has 1 aliphatic carbocycles. The Bertz CT molecular complexity index is 528. The van der Waals surface area contributed by atoms with Crippen LogP contribution in [0.1, 0.15) is 29.6 Å². The van der Waals surface area contributed by atoms with E-state index in [0.717, 1.165) is 12.8 Å². The molecule has 3 rings (SSSR count). The Morgan fingerprint density at radius 3 is 2.74 bits per heavy atom. The Kier molecular flexibility index (Phi) is 2.97. The maximum Gasteiger partial charge on any atom is 0.254 e. The van der Waals surface area contributed by atoms with Crippen LogP contribution in [-0.2, 0) is 4.79 Å². The van der Waals surface area contributed by atoms with Crippen molar-refractivity contribution in [3.8, 4) is 0 Å². The number of nitrogens with one attached hydrogen (secondary N) is 1. The molecule has 2 aliphatic rings. The zero-order chi connectivity index (χ0) is 13.4. The monoisotopic (exact) mass is 262 g/mol. The molecule has 1 saturated carbocycles. The summed E-state index contributed by atoms with van der Waals surface area (Å²) >= 11 is 0. The van der Waals surface area contributed by atoms with Crippen molar-refractivity contribution in [2.24, 2.45) is 0 Å². The maximum atomic E-state index is 13.5. The summed E-state index contributed by atoms with van der Waals surface area (Å²) in [5.41, 5.74) is 0.0276. The van der Waals surface area contributed by atoms with Crippen molar-refractivity contribution in [2.75, 3.05) is 6.54 Å². The lowest BCUT2D eigenvalue weighted by atomic mass is 10.1. The maximum absolute atomic E-state index is 13.5. The summed E-state index contributed by atoms with van der Waals surface area (Å²) < 4.78 is 13.5. The third-order valence-electron chi connectivity index (χ3n) is 3.60. The molecular formula is C14H15FN2O2. The van der Waals surface area contributed by atoms with E-state index < -0.39 is 11.7 Å². The predicted molar refractivity (Wildman–Crippen MR) is 67.0 cm³/mol. The smallest absolute Gasteiger partial charge is 0.254 e. The average Bonchev–Trinajstić information content (AvgIpc) is 3.15. The van der Waals surface area contributed by atoms with E-state index in [2.05, 4.69) is 5.32 Å². The third kappa shape index (κ3) is 2.45. The Balaban J connectivity index is 1.64. The molecule has 0 aromatic heterocycles. The fourth-order valence-corrected chi connectivity index (χ4v) is 2.48. The molecule has 1 aliphatic heterocycles. The summed E-state index contributed by atoms with van der Waals surface area (Å²) in [5, 5.41) is 2.74. The molecule has 1 atom stereocenters. The molecule has 2 amide bonds. The molecule has 1 aromatic carbocycles. The van der Waals surface area contributed by atoms with Crippen LogP contribution in [0.3, 0.4) is 0 Å². The molecule has 19 heavy (non-hydrogen) atoms. The van der Waals surface area contributed by atoms with Gasteiger partial charge in [-0.1, -0.05) is 12.1 Å². The predicted octanol–water partition coefficient (Wildman–Crippen LogP) is 1.32. The van der Waals surface area contributed by atoms with Crippen molar-refractivity contribution in [1.29, 1.82) is 0 Å². The van der Waals surface area contributed by atoms with E-state index in [9.17, 15) is 14.0 Å². The van der Waals surface area contributed by atoms with Crippen LogP contribution < -0.4 is 5.32 Å². The minimum Gasteiger partial charge on any atom is -0.347 e. The van der Waals surface area contributed by atoms with Crippen molar-refractivity contribution in [2.45, 2.75) is 31.3 Å². The van der Waals surface area contributed by atoms with Gasteiger partial charge < -0.3 is 10.2 Å². The fraction of sp³-hybridized carbons (Fsp3) is 0.429. The Morgan fingerprint density at radius 1 is 1.32 bits per heavy atom. The molecule has 4 nitrogen and oxygen atoms in total. The van der Waals surface area contributed by atoms with E-state index in [1.807, 2.05) is 4.90 Å². The standard InChI is InChI=1S/C14H15FN2O2/c15-12-4-2-1-3-11(12)14(19)16-9-7-13(18)17(8-9)10-5-6-10/h1-4,9-10H,5-8H2,(H,16,19). The summed E-state index contributed by atoms with van der Waals surface area (Å²) in [5.74, 6) is -0.904. The molecular weight excluding hydrogens is 247 g/mol. The van der Waals surface area contributed by atoms with Crippen molar-refractivity contribution in [3.63, 3.8) is 0 Å². The molecule has 0 bridgehead atoms. The molecule has 0 spiro atoms. The first-order valence-corrected chi connectivity index (χ1v) is 6.50. The van der Waals surface area contributed by atoms with Crippen molar-refractivity contribution in [3.05, 3.63) is 35.6 Å². The Hall–Kier alpha value is -1.91. The lowest BCUT2D eigenvalue weighted by Crippen LogP contribution is -2.37. The molecule has 5 heteroatoms. The van der Waals surface area contributed by atoms with E-state index >= 15 is 0 Å². The van der Waals surface area contributed by atoms with E-state index in [1.54, 1.807) is 12.1 Å². The quantitative estimate of drug-likeness (QED) is 0.893. The van der Waals surface area contributed by atoms with Gasteiger partial charge in [0, 0.05) is 19.0 Å². The average molecular weight is 262 g/mol. The number of benzene rings is 1. The second kappa shape index (κ2) is 4.64. The van der Waals surface area contributed by atoms with Crippen LogP contribution in [-0.4, -0.2) is 35.3 Å².